The van der Waals surface area contributed by atoms with Gasteiger partial charge in [0.1, 0.15) is 12.4 Å². The second-order valence-corrected chi connectivity index (χ2v) is 3.96. The summed E-state index contributed by atoms with van der Waals surface area (Å²) in [6.07, 6.45) is 1.64. The lowest BCUT2D eigenvalue weighted by Crippen LogP contribution is -2.00. The minimum absolute atomic E-state index is 0.465. The van der Waals surface area contributed by atoms with Gasteiger partial charge in [0.25, 0.3) is 0 Å². The Labute approximate surface area is 99.9 Å². The van der Waals surface area contributed by atoms with Gasteiger partial charge in [-0.05, 0) is 30.7 Å². The van der Waals surface area contributed by atoms with Gasteiger partial charge in [0.15, 0.2) is 0 Å². The summed E-state index contributed by atoms with van der Waals surface area (Å²) in [4.78, 5) is 4.24. The molecular weight excluding hydrogens is 222 g/mol. The third-order valence-electron chi connectivity index (χ3n) is 2.27. The maximum atomic E-state index is 5.83. The van der Waals surface area contributed by atoms with Gasteiger partial charge < -0.3 is 4.74 Å². The van der Waals surface area contributed by atoms with Crippen LogP contribution in [-0.4, -0.2) is 4.98 Å². The first kappa shape index (κ1) is 11.0. The van der Waals surface area contributed by atoms with E-state index in [2.05, 4.69) is 4.98 Å². The molecule has 0 unspecified atom stereocenters. The van der Waals surface area contributed by atoms with Gasteiger partial charge in [0, 0.05) is 6.20 Å². The molecule has 2 nitrogen and oxygen atoms in total. The fourth-order valence-electron chi connectivity index (χ4n) is 1.39. The quantitative estimate of drug-likeness (QED) is 0.808. The maximum Gasteiger partial charge on any atom is 0.130 e. The van der Waals surface area contributed by atoms with Crippen LogP contribution >= 0.6 is 11.6 Å². The molecule has 0 aliphatic heterocycles. The number of halogens is 1. The number of benzene rings is 1. The highest BCUT2D eigenvalue weighted by Crippen LogP contribution is 2.15. The van der Waals surface area contributed by atoms with E-state index in [0.29, 0.717) is 11.6 Å². The standard InChI is InChI=1S/C13H12ClNO/c1-10-7-11(14)8-15-13(10)9-16-12-5-3-2-4-6-12/h2-8H,9H2,1H3. The largest absolute Gasteiger partial charge is 0.487 e. The number of pyridine rings is 1. The van der Waals surface area contributed by atoms with Crippen LogP contribution in [0.1, 0.15) is 11.3 Å². The van der Waals surface area contributed by atoms with Crippen LogP contribution in [0.4, 0.5) is 0 Å². The van der Waals surface area contributed by atoms with Crippen molar-refractivity contribution in [3.63, 3.8) is 0 Å². The minimum atomic E-state index is 0.465. The highest BCUT2D eigenvalue weighted by Gasteiger charge is 2.01. The van der Waals surface area contributed by atoms with Crippen LogP contribution < -0.4 is 4.74 Å². The second kappa shape index (κ2) is 4.99. The van der Waals surface area contributed by atoms with Gasteiger partial charge in [-0.25, -0.2) is 0 Å². The van der Waals surface area contributed by atoms with E-state index in [1.54, 1.807) is 6.20 Å². The number of nitrogens with zero attached hydrogens (tertiary/aromatic N) is 1. The molecule has 0 atom stereocenters. The lowest BCUT2D eigenvalue weighted by atomic mass is 10.2. The maximum absolute atomic E-state index is 5.83. The fraction of sp³-hybridized carbons (Fsp3) is 0.154. The molecule has 1 heterocycles. The van der Waals surface area contributed by atoms with Crippen LogP contribution in [0.5, 0.6) is 5.75 Å². The Morgan fingerprint density at radius 3 is 2.69 bits per heavy atom. The number of aromatic nitrogens is 1. The van der Waals surface area contributed by atoms with Gasteiger partial charge in [-0.1, -0.05) is 29.8 Å². The Kier molecular flexibility index (Phi) is 3.42. The SMILES string of the molecule is Cc1cc(Cl)cnc1COc1ccccc1. The zero-order valence-corrected chi connectivity index (χ0v) is 9.74. The summed E-state index contributed by atoms with van der Waals surface area (Å²) < 4.78 is 5.61. The zero-order chi connectivity index (χ0) is 11.4. The number of rotatable bonds is 3. The molecule has 82 valence electrons. The number of ether oxygens (including phenoxy) is 1. The summed E-state index contributed by atoms with van der Waals surface area (Å²) in [6.45, 7) is 2.44. The van der Waals surface area contributed by atoms with Crippen LogP contribution in [0, 0.1) is 6.92 Å². The average Bonchev–Trinajstić information content (AvgIpc) is 2.29. The highest BCUT2D eigenvalue weighted by atomic mass is 35.5. The molecule has 0 saturated carbocycles. The molecular formula is C13H12ClNO. The van der Waals surface area contributed by atoms with Crippen molar-refractivity contribution in [2.45, 2.75) is 13.5 Å². The molecule has 0 bridgehead atoms. The van der Waals surface area contributed by atoms with Crippen molar-refractivity contribution in [3.8, 4) is 5.75 Å². The van der Waals surface area contributed by atoms with Crippen molar-refractivity contribution in [3.05, 3.63) is 58.9 Å². The molecule has 0 saturated heterocycles. The number of aryl methyl sites for hydroxylation is 1. The molecule has 0 radical (unpaired) electrons. The lowest BCUT2D eigenvalue weighted by Gasteiger charge is -2.07. The third-order valence-corrected chi connectivity index (χ3v) is 2.48. The van der Waals surface area contributed by atoms with Crippen molar-refractivity contribution in [2.75, 3.05) is 0 Å². The molecule has 2 rings (SSSR count). The highest BCUT2D eigenvalue weighted by molar-refractivity contribution is 6.30. The third kappa shape index (κ3) is 2.74. The molecule has 2 aromatic rings. The Bertz CT molecular complexity index is 471. The summed E-state index contributed by atoms with van der Waals surface area (Å²) in [7, 11) is 0. The average molecular weight is 234 g/mol. The lowest BCUT2D eigenvalue weighted by molar-refractivity contribution is 0.300. The van der Waals surface area contributed by atoms with E-state index in [1.807, 2.05) is 43.3 Å². The molecule has 0 spiro atoms. The van der Waals surface area contributed by atoms with E-state index in [4.69, 9.17) is 16.3 Å². The van der Waals surface area contributed by atoms with Crippen molar-refractivity contribution >= 4 is 11.6 Å². The van der Waals surface area contributed by atoms with Crippen LogP contribution in [0.15, 0.2) is 42.6 Å². The van der Waals surface area contributed by atoms with Gasteiger partial charge in [0.2, 0.25) is 0 Å². The molecule has 16 heavy (non-hydrogen) atoms. The summed E-state index contributed by atoms with van der Waals surface area (Å²) >= 11 is 5.83. The van der Waals surface area contributed by atoms with Crippen LogP contribution in [0.2, 0.25) is 5.02 Å². The monoisotopic (exact) mass is 233 g/mol. The molecule has 0 N–H and O–H groups in total. The smallest absolute Gasteiger partial charge is 0.130 e. The van der Waals surface area contributed by atoms with E-state index >= 15 is 0 Å². The van der Waals surface area contributed by atoms with E-state index in [1.165, 1.54) is 0 Å². The van der Waals surface area contributed by atoms with Crippen molar-refractivity contribution in [2.24, 2.45) is 0 Å². The van der Waals surface area contributed by atoms with Crippen LogP contribution in [0.25, 0.3) is 0 Å². The van der Waals surface area contributed by atoms with E-state index in [0.717, 1.165) is 17.0 Å². The predicted octanol–water partition coefficient (Wildman–Crippen LogP) is 3.62. The molecule has 0 fully saturated rings. The Morgan fingerprint density at radius 2 is 2.00 bits per heavy atom. The fourth-order valence-corrected chi connectivity index (χ4v) is 1.60. The first-order valence-corrected chi connectivity index (χ1v) is 5.42. The van der Waals surface area contributed by atoms with Gasteiger partial charge >= 0.3 is 0 Å². The number of hydrogen-bond donors (Lipinski definition) is 0. The van der Waals surface area contributed by atoms with Crippen molar-refractivity contribution in [1.82, 2.24) is 4.98 Å². The summed E-state index contributed by atoms with van der Waals surface area (Å²) in [5, 5.41) is 0.654. The van der Waals surface area contributed by atoms with Gasteiger partial charge in [-0.2, -0.15) is 0 Å². The predicted molar refractivity (Wildman–Crippen MR) is 64.8 cm³/mol. The zero-order valence-electron chi connectivity index (χ0n) is 8.98. The first-order valence-electron chi connectivity index (χ1n) is 5.04. The Hall–Kier alpha value is -1.54. The topological polar surface area (TPSA) is 22.1 Å². The van der Waals surface area contributed by atoms with Crippen molar-refractivity contribution in [1.29, 1.82) is 0 Å². The van der Waals surface area contributed by atoms with Crippen LogP contribution in [-0.2, 0) is 6.61 Å². The van der Waals surface area contributed by atoms with Gasteiger partial charge in [0.05, 0.1) is 10.7 Å². The molecule has 1 aromatic heterocycles. The minimum Gasteiger partial charge on any atom is -0.487 e. The van der Waals surface area contributed by atoms with Gasteiger partial charge in [-0.15, -0.1) is 0 Å². The number of hydrogen-bond acceptors (Lipinski definition) is 2. The normalized spacial score (nSPS) is 10.1. The Morgan fingerprint density at radius 1 is 1.25 bits per heavy atom. The van der Waals surface area contributed by atoms with Gasteiger partial charge in [-0.3, -0.25) is 4.98 Å². The van der Waals surface area contributed by atoms with E-state index in [9.17, 15) is 0 Å². The second-order valence-electron chi connectivity index (χ2n) is 3.52. The van der Waals surface area contributed by atoms with Crippen molar-refractivity contribution < 1.29 is 4.74 Å². The van der Waals surface area contributed by atoms with E-state index < -0.39 is 0 Å². The molecule has 3 heteroatoms. The molecule has 1 aromatic carbocycles. The number of para-hydroxylation sites is 1. The Balaban J connectivity index is 2.05. The summed E-state index contributed by atoms with van der Waals surface area (Å²) in [6, 6.07) is 11.6. The summed E-state index contributed by atoms with van der Waals surface area (Å²) in [5.74, 6) is 0.846. The molecule has 0 aliphatic carbocycles. The van der Waals surface area contributed by atoms with E-state index in [-0.39, 0.29) is 0 Å². The molecule has 0 amide bonds. The summed E-state index contributed by atoms with van der Waals surface area (Å²) in [5.41, 5.74) is 1.96. The first-order chi connectivity index (χ1) is 7.75. The van der Waals surface area contributed by atoms with Crippen LogP contribution in [0.3, 0.4) is 0 Å². The molecule has 0 aliphatic rings.